The smallest absolute Gasteiger partial charge is 0.124 e. The molecule has 0 saturated heterocycles. The average Bonchev–Trinajstić information content (AvgIpc) is 2.03. The zero-order valence-electron chi connectivity index (χ0n) is 6.85. The first-order chi connectivity index (χ1) is 5.65. The molecule has 66 valence electrons. The van der Waals surface area contributed by atoms with E-state index in [1.807, 2.05) is 6.92 Å². The summed E-state index contributed by atoms with van der Waals surface area (Å²) in [4.78, 5) is 0. The minimum atomic E-state index is -0.242. The molecule has 1 atom stereocenters. The van der Waals surface area contributed by atoms with Crippen molar-refractivity contribution in [2.24, 2.45) is 5.73 Å². The van der Waals surface area contributed by atoms with Gasteiger partial charge in [0.05, 0.1) is 0 Å². The topological polar surface area (TPSA) is 26.0 Å². The maximum absolute atomic E-state index is 12.6. The molecule has 0 unspecified atom stereocenters. The Labute approximate surface area is 79.9 Å². The minimum absolute atomic E-state index is 0.0139. The summed E-state index contributed by atoms with van der Waals surface area (Å²) in [5.41, 5.74) is 6.75. The highest BCUT2D eigenvalue weighted by Gasteiger charge is 2.07. The van der Waals surface area contributed by atoms with Crippen LogP contribution < -0.4 is 5.73 Å². The zero-order chi connectivity index (χ0) is 9.14. The Morgan fingerprint density at radius 2 is 2.25 bits per heavy atom. The summed E-state index contributed by atoms with van der Waals surface area (Å²) in [5.74, 6) is -0.242. The molecule has 0 aliphatic rings. The fraction of sp³-hybridized carbons (Fsp3) is 0.333. The van der Waals surface area contributed by atoms with Gasteiger partial charge in [0.15, 0.2) is 0 Å². The summed E-state index contributed by atoms with van der Waals surface area (Å²) >= 11 is 3.27. The first kappa shape index (κ1) is 9.68. The van der Waals surface area contributed by atoms with E-state index in [4.69, 9.17) is 5.73 Å². The first-order valence-electron chi connectivity index (χ1n) is 3.85. The second-order valence-electron chi connectivity index (χ2n) is 2.68. The van der Waals surface area contributed by atoms with Crippen molar-refractivity contribution in [1.29, 1.82) is 0 Å². The van der Waals surface area contributed by atoms with Crippen molar-refractivity contribution >= 4 is 15.9 Å². The van der Waals surface area contributed by atoms with E-state index in [0.29, 0.717) is 0 Å². The molecule has 1 nitrogen and oxygen atoms in total. The van der Waals surface area contributed by atoms with Crippen molar-refractivity contribution in [2.75, 3.05) is 0 Å². The summed E-state index contributed by atoms with van der Waals surface area (Å²) in [7, 11) is 0. The molecule has 1 aromatic carbocycles. The van der Waals surface area contributed by atoms with Crippen molar-refractivity contribution in [3.63, 3.8) is 0 Å². The molecule has 0 bridgehead atoms. The lowest BCUT2D eigenvalue weighted by Gasteiger charge is -2.10. The van der Waals surface area contributed by atoms with Gasteiger partial charge in [-0.25, -0.2) is 4.39 Å². The molecule has 3 heteroatoms. The Morgan fingerprint density at radius 1 is 1.58 bits per heavy atom. The summed E-state index contributed by atoms with van der Waals surface area (Å²) in [5, 5.41) is 0. The quantitative estimate of drug-likeness (QED) is 0.833. The van der Waals surface area contributed by atoms with Crippen LogP contribution in [0.3, 0.4) is 0 Å². The summed E-state index contributed by atoms with van der Waals surface area (Å²) in [6.45, 7) is 2.00. The average molecular weight is 232 g/mol. The van der Waals surface area contributed by atoms with Crippen LogP contribution >= 0.6 is 15.9 Å². The van der Waals surface area contributed by atoms with Gasteiger partial charge in [0.2, 0.25) is 0 Å². The maximum atomic E-state index is 12.6. The predicted molar refractivity (Wildman–Crippen MR) is 51.3 cm³/mol. The van der Waals surface area contributed by atoms with Crippen LogP contribution in [0.25, 0.3) is 0 Å². The van der Waals surface area contributed by atoms with E-state index in [2.05, 4.69) is 15.9 Å². The largest absolute Gasteiger partial charge is 0.324 e. The Balaban J connectivity index is 3.01. The molecule has 0 amide bonds. The molecule has 1 rings (SSSR count). The zero-order valence-corrected chi connectivity index (χ0v) is 8.44. The van der Waals surface area contributed by atoms with Crippen LogP contribution in [0.5, 0.6) is 0 Å². The van der Waals surface area contributed by atoms with Gasteiger partial charge in [0, 0.05) is 10.5 Å². The van der Waals surface area contributed by atoms with E-state index in [9.17, 15) is 4.39 Å². The molecule has 0 aliphatic heterocycles. The van der Waals surface area contributed by atoms with E-state index in [1.54, 1.807) is 6.07 Å². The standard InChI is InChI=1S/C9H11BrFN/c1-2-9(12)7-4-3-6(11)5-8(7)10/h3-5,9H,2,12H2,1H3/t9-/m1/s1. The van der Waals surface area contributed by atoms with Gasteiger partial charge in [0.25, 0.3) is 0 Å². The van der Waals surface area contributed by atoms with Gasteiger partial charge in [-0.05, 0) is 24.1 Å². The van der Waals surface area contributed by atoms with Gasteiger partial charge >= 0.3 is 0 Å². The van der Waals surface area contributed by atoms with E-state index in [-0.39, 0.29) is 11.9 Å². The third kappa shape index (κ3) is 2.05. The Kier molecular flexibility index (Phi) is 3.23. The van der Waals surface area contributed by atoms with E-state index in [0.717, 1.165) is 16.5 Å². The molecule has 0 aliphatic carbocycles. The molecule has 0 aromatic heterocycles. The lowest BCUT2D eigenvalue weighted by atomic mass is 10.1. The highest BCUT2D eigenvalue weighted by molar-refractivity contribution is 9.10. The van der Waals surface area contributed by atoms with Crippen LogP contribution in [0.4, 0.5) is 4.39 Å². The number of hydrogen-bond donors (Lipinski definition) is 1. The Hall–Kier alpha value is -0.410. The maximum Gasteiger partial charge on any atom is 0.124 e. The van der Waals surface area contributed by atoms with Crippen molar-refractivity contribution in [2.45, 2.75) is 19.4 Å². The van der Waals surface area contributed by atoms with Gasteiger partial charge in [0.1, 0.15) is 5.82 Å². The summed E-state index contributed by atoms with van der Waals surface area (Å²) in [6, 6.07) is 4.56. The highest BCUT2D eigenvalue weighted by atomic mass is 79.9. The van der Waals surface area contributed by atoms with Gasteiger partial charge in [-0.15, -0.1) is 0 Å². The molecule has 0 spiro atoms. The fourth-order valence-electron chi connectivity index (χ4n) is 1.02. The fourth-order valence-corrected chi connectivity index (χ4v) is 1.67. The summed E-state index contributed by atoms with van der Waals surface area (Å²) < 4.78 is 13.4. The lowest BCUT2D eigenvalue weighted by Crippen LogP contribution is -2.09. The van der Waals surface area contributed by atoms with Gasteiger partial charge < -0.3 is 5.73 Å². The molecule has 0 fully saturated rings. The molecule has 12 heavy (non-hydrogen) atoms. The van der Waals surface area contributed by atoms with Gasteiger partial charge in [-0.2, -0.15) is 0 Å². The van der Waals surface area contributed by atoms with E-state index in [1.165, 1.54) is 12.1 Å². The van der Waals surface area contributed by atoms with Crippen LogP contribution in [0, 0.1) is 5.82 Å². The molecular formula is C9H11BrFN. The number of benzene rings is 1. The SMILES string of the molecule is CC[C@@H](N)c1ccc(F)cc1Br. The van der Waals surface area contributed by atoms with Crippen molar-refractivity contribution in [3.05, 3.63) is 34.1 Å². The lowest BCUT2D eigenvalue weighted by molar-refractivity contribution is 0.622. The second-order valence-corrected chi connectivity index (χ2v) is 3.53. The van der Waals surface area contributed by atoms with Crippen molar-refractivity contribution < 1.29 is 4.39 Å². The van der Waals surface area contributed by atoms with Gasteiger partial charge in [-0.1, -0.05) is 28.9 Å². The van der Waals surface area contributed by atoms with E-state index >= 15 is 0 Å². The number of hydrogen-bond acceptors (Lipinski definition) is 1. The van der Waals surface area contributed by atoms with Crippen LogP contribution in [-0.4, -0.2) is 0 Å². The Bertz CT molecular complexity index is 275. The number of rotatable bonds is 2. The normalized spacial score (nSPS) is 13.0. The monoisotopic (exact) mass is 231 g/mol. The second kappa shape index (κ2) is 4.01. The molecule has 0 heterocycles. The first-order valence-corrected chi connectivity index (χ1v) is 4.65. The predicted octanol–water partition coefficient (Wildman–Crippen LogP) is 3.00. The minimum Gasteiger partial charge on any atom is -0.324 e. The van der Waals surface area contributed by atoms with Crippen LogP contribution in [0.2, 0.25) is 0 Å². The summed E-state index contributed by atoms with van der Waals surface area (Å²) in [6.07, 6.45) is 0.851. The van der Waals surface area contributed by atoms with E-state index < -0.39 is 0 Å². The molecule has 0 saturated carbocycles. The molecule has 2 N–H and O–H groups in total. The van der Waals surface area contributed by atoms with Crippen LogP contribution in [0.15, 0.2) is 22.7 Å². The third-order valence-electron chi connectivity index (χ3n) is 1.80. The number of nitrogens with two attached hydrogens (primary N) is 1. The molecular weight excluding hydrogens is 221 g/mol. The Morgan fingerprint density at radius 3 is 2.75 bits per heavy atom. The van der Waals surface area contributed by atoms with Crippen LogP contribution in [0.1, 0.15) is 24.9 Å². The van der Waals surface area contributed by atoms with Crippen molar-refractivity contribution in [1.82, 2.24) is 0 Å². The van der Waals surface area contributed by atoms with Crippen molar-refractivity contribution in [3.8, 4) is 0 Å². The van der Waals surface area contributed by atoms with Gasteiger partial charge in [-0.3, -0.25) is 0 Å². The third-order valence-corrected chi connectivity index (χ3v) is 2.49. The highest BCUT2D eigenvalue weighted by Crippen LogP contribution is 2.24. The molecule has 0 radical (unpaired) electrons. The number of halogens is 2. The van der Waals surface area contributed by atoms with Crippen LogP contribution in [-0.2, 0) is 0 Å². The molecule has 1 aromatic rings.